The zero-order valence-corrected chi connectivity index (χ0v) is 34.2. The largest absolute Gasteiger partial charge is 0.632 e. The van der Waals surface area contributed by atoms with Crippen LogP contribution in [-0.2, 0) is 9.47 Å². The van der Waals surface area contributed by atoms with Crippen molar-refractivity contribution in [2.75, 3.05) is 13.2 Å². The molecule has 0 bridgehead atoms. The first kappa shape index (κ1) is 42.1. The third kappa shape index (κ3) is 22.5. The van der Waals surface area contributed by atoms with Crippen molar-refractivity contribution in [1.29, 1.82) is 0 Å². The van der Waals surface area contributed by atoms with E-state index in [0.717, 1.165) is 19.6 Å². The minimum absolute atomic E-state index is 0. The van der Waals surface area contributed by atoms with Gasteiger partial charge in [0.25, 0.3) is 0 Å². The fourth-order valence-corrected chi connectivity index (χ4v) is 25.7. The maximum absolute atomic E-state index is 5.77. The van der Waals surface area contributed by atoms with Gasteiger partial charge >= 0.3 is 0 Å². The van der Waals surface area contributed by atoms with E-state index in [1.807, 2.05) is 0 Å². The van der Waals surface area contributed by atoms with Crippen molar-refractivity contribution in [3.05, 3.63) is 22.0 Å². The Morgan fingerprint density at radius 2 is 0.789 bits per heavy atom. The summed E-state index contributed by atoms with van der Waals surface area (Å²) in [5, 5.41) is 9.50. The first-order chi connectivity index (χ1) is 16.1. The van der Waals surface area contributed by atoms with Gasteiger partial charge in [0, 0.05) is 50.1 Å². The molecule has 2 heterocycles. The minimum atomic E-state index is -0.856. The van der Waals surface area contributed by atoms with Gasteiger partial charge in [0.2, 0.25) is 0 Å². The van der Waals surface area contributed by atoms with Crippen molar-refractivity contribution in [2.24, 2.45) is 10.8 Å². The van der Waals surface area contributed by atoms with Crippen LogP contribution in [0.5, 0.6) is 0 Å². The van der Waals surface area contributed by atoms with Gasteiger partial charge in [-0.25, -0.2) is 0 Å². The molecule has 0 aliphatic carbocycles. The maximum Gasteiger partial charge on any atom is 0.0291 e. The SMILES string of the molecule is CC(C)(C)[C@H]1COC(CC2[N-][C@@H](C(C)(C)C)CO2)[N-]1.C[Si](C)(C)[CH-][Si](C)(C)C.C[Si](C)(C)[CH-][Si](C)(C)C.[Lu]. The van der Waals surface area contributed by atoms with Crippen LogP contribution in [0.2, 0.25) is 78.6 Å². The summed E-state index contributed by atoms with van der Waals surface area (Å²) >= 11 is 0. The Hall–Kier alpha value is 1.94. The van der Waals surface area contributed by atoms with Crippen molar-refractivity contribution in [3.8, 4) is 0 Å². The molecule has 1 radical (unpaired) electrons. The Morgan fingerprint density at radius 3 is 0.921 bits per heavy atom. The molecule has 0 saturated carbocycles. The molecule has 2 aliphatic heterocycles. The molecule has 0 aromatic rings. The molecule has 239 valence electrons. The second-order valence-electron chi connectivity index (χ2n) is 17.6. The summed E-state index contributed by atoms with van der Waals surface area (Å²) in [6.45, 7) is 43.6. The van der Waals surface area contributed by atoms with E-state index < -0.39 is 32.3 Å². The molecule has 0 N–H and O–H groups in total. The number of ether oxygens (including phenoxy) is 2. The molecule has 0 amide bonds. The third-order valence-corrected chi connectivity index (χ3v) is 19.6. The molecule has 0 spiro atoms. The molecular formula is C29H66LuN2O2Si4-4. The van der Waals surface area contributed by atoms with Crippen LogP contribution in [0.25, 0.3) is 10.6 Å². The monoisotopic (exact) mass is 761 g/mol. The minimum Gasteiger partial charge on any atom is -0.632 e. The topological polar surface area (TPSA) is 46.7 Å². The molecule has 2 fully saturated rings. The van der Waals surface area contributed by atoms with Gasteiger partial charge in [-0.15, -0.1) is 44.4 Å². The van der Waals surface area contributed by atoms with E-state index in [1.165, 1.54) is 0 Å². The van der Waals surface area contributed by atoms with Gasteiger partial charge in [0.05, 0.1) is 0 Å². The summed E-state index contributed by atoms with van der Waals surface area (Å²) in [4.78, 5) is 0. The van der Waals surface area contributed by atoms with Gasteiger partial charge in [-0.05, 0) is 18.9 Å². The average molecular weight is 762 g/mol. The van der Waals surface area contributed by atoms with E-state index in [-0.39, 0.29) is 72.2 Å². The van der Waals surface area contributed by atoms with E-state index in [2.05, 4.69) is 131 Å². The third-order valence-electron chi connectivity index (χ3n) is 5.72. The number of rotatable bonds is 6. The van der Waals surface area contributed by atoms with Crippen LogP contribution in [-0.4, -0.2) is 70.0 Å². The number of nitrogens with zero attached hydrogens (tertiary/aromatic N) is 2. The average Bonchev–Trinajstić information content (AvgIpc) is 3.17. The smallest absolute Gasteiger partial charge is 0.0291 e. The predicted octanol–water partition coefficient (Wildman–Crippen LogP) is 9.56. The Labute approximate surface area is 273 Å². The summed E-state index contributed by atoms with van der Waals surface area (Å²) in [6, 6.07) is 0.578. The van der Waals surface area contributed by atoms with Crippen LogP contribution >= 0.6 is 0 Å². The molecule has 4 nitrogen and oxygen atoms in total. The first-order valence-electron chi connectivity index (χ1n) is 14.4. The summed E-state index contributed by atoms with van der Waals surface area (Å²) < 4.78 is 11.5. The number of hydrogen-bond acceptors (Lipinski definition) is 2. The van der Waals surface area contributed by atoms with E-state index >= 15 is 0 Å². The van der Waals surface area contributed by atoms with Gasteiger partial charge in [0.1, 0.15) is 0 Å². The molecule has 38 heavy (non-hydrogen) atoms. The first-order valence-corrected chi connectivity index (χ1v) is 28.8. The zero-order valence-electron chi connectivity index (χ0n) is 28.6. The predicted molar refractivity (Wildman–Crippen MR) is 179 cm³/mol. The molecular weight excluding hydrogens is 696 g/mol. The molecule has 2 saturated heterocycles. The van der Waals surface area contributed by atoms with Crippen LogP contribution in [0.4, 0.5) is 0 Å². The normalized spacial score (nSPS) is 25.1. The Balaban J connectivity index is 0. The van der Waals surface area contributed by atoms with Crippen LogP contribution in [0, 0.1) is 59.0 Å². The van der Waals surface area contributed by atoms with Gasteiger partial charge in [-0.3, -0.25) is 0 Å². The summed E-state index contributed by atoms with van der Waals surface area (Å²) in [6.07, 6.45) is 0.674. The van der Waals surface area contributed by atoms with E-state index in [1.54, 1.807) is 0 Å². The Kier molecular flexibility index (Phi) is 17.9. The van der Waals surface area contributed by atoms with Crippen molar-refractivity contribution in [2.45, 2.75) is 151 Å². The van der Waals surface area contributed by atoms with Gasteiger partial charge in [-0.1, -0.05) is 131 Å². The van der Waals surface area contributed by atoms with Crippen molar-refractivity contribution in [3.63, 3.8) is 0 Å². The van der Waals surface area contributed by atoms with Crippen molar-refractivity contribution >= 4 is 32.3 Å². The summed E-state index contributed by atoms with van der Waals surface area (Å²) in [7, 11) is -3.42. The van der Waals surface area contributed by atoms with Crippen LogP contribution in [0.1, 0.15) is 48.0 Å². The Morgan fingerprint density at radius 1 is 0.553 bits per heavy atom. The Bertz CT molecular complexity index is 574. The molecule has 0 aromatic heterocycles. The molecule has 2 unspecified atom stereocenters. The standard InChI is InChI=1S/C15H28N2O2.2C7H19Si2.Lu/c1-14(2,3)10-8-18-12(16-10)7-13-17-11(9-19-13)15(4,5)6;2*1-8(2,3)7-9(4,5)6;/h10-13H,7-9H2,1-6H3;2*7H,1-6H3;/q-2;2*-1;/t10-,11-,12?,13?;;;/m1.../s1. The van der Waals surface area contributed by atoms with Crippen LogP contribution in [0.3, 0.4) is 0 Å². The quantitative estimate of drug-likeness (QED) is 0.200. The van der Waals surface area contributed by atoms with Crippen molar-refractivity contribution < 1.29 is 46.3 Å². The second-order valence-corrected chi connectivity index (χ2v) is 38.9. The van der Waals surface area contributed by atoms with Gasteiger partial charge < -0.3 is 31.4 Å². The molecule has 2 aliphatic rings. The van der Waals surface area contributed by atoms with E-state index in [4.69, 9.17) is 20.1 Å². The van der Waals surface area contributed by atoms with E-state index in [9.17, 15) is 0 Å². The summed E-state index contributed by atoms with van der Waals surface area (Å²) in [5.74, 6) is 0. The number of hydrogen-bond donors (Lipinski definition) is 0. The van der Waals surface area contributed by atoms with Gasteiger partial charge in [0.15, 0.2) is 0 Å². The molecule has 0 aromatic carbocycles. The second kappa shape index (κ2) is 16.1. The maximum atomic E-state index is 5.77. The molecule has 9 heteroatoms. The molecule has 4 atom stereocenters. The van der Waals surface area contributed by atoms with E-state index in [0.29, 0.717) is 0 Å². The molecule has 2 rings (SSSR count). The van der Waals surface area contributed by atoms with Crippen LogP contribution in [0.15, 0.2) is 0 Å². The zero-order chi connectivity index (χ0) is 29.7. The van der Waals surface area contributed by atoms with Crippen molar-refractivity contribution in [1.82, 2.24) is 0 Å². The van der Waals surface area contributed by atoms with Crippen LogP contribution < -0.4 is 0 Å². The fourth-order valence-electron chi connectivity index (χ4n) is 4.95. The summed E-state index contributed by atoms with van der Waals surface area (Å²) in [5.41, 5.74) is 5.66. The fraction of sp³-hybridized carbons (Fsp3) is 0.931. The van der Waals surface area contributed by atoms with Gasteiger partial charge in [-0.2, -0.15) is 0 Å².